The van der Waals surface area contributed by atoms with Gasteiger partial charge in [-0.3, -0.25) is 14.8 Å². The van der Waals surface area contributed by atoms with E-state index in [9.17, 15) is 15.3 Å². The maximum absolute atomic E-state index is 10.8. The fourth-order valence-electron chi connectivity index (χ4n) is 3.90. The maximum Gasteiger partial charge on any atom is 0.270 e. The number of fused-ring (bicyclic) bond motifs is 3. The van der Waals surface area contributed by atoms with Crippen LogP contribution in [0.15, 0.2) is 29.6 Å². The van der Waals surface area contributed by atoms with E-state index in [0.29, 0.717) is 11.8 Å². The van der Waals surface area contributed by atoms with Gasteiger partial charge in [0, 0.05) is 23.4 Å². The Morgan fingerprint density at radius 2 is 2.29 bits per heavy atom. The Bertz CT molecular complexity index is 767. The Kier molecular flexibility index (Phi) is 2.51. The van der Waals surface area contributed by atoms with Crippen molar-refractivity contribution in [2.24, 2.45) is 17.0 Å². The molecule has 0 aliphatic heterocycles. The molecule has 2 bridgehead atoms. The van der Waals surface area contributed by atoms with Crippen LogP contribution in [0.1, 0.15) is 25.3 Å². The summed E-state index contributed by atoms with van der Waals surface area (Å²) in [6.07, 6.45) is 4.87. The molecule has 0 amide bonds. The Labute approximate surface area is 120 Å². The molecular weight excluding hydrogens is 272 g/mol. The van der Waals surface area contributed by atoms with Crippen molar-refractivity contribution in [3.8, 4) is 0 Å². The van der Waals surface area contributed by atoms with Gasteiger partial charge in [0.05, 0.1) is 28.4 Å². The van der Waals surface area contributed by atoms with Crippen LogP contribution in [-0.4, -0.2) is 25.6 Å². The number of nitro benzene ring substituents is 1. The van der Waals surface area contributed by atoms with E-state index >= 15 is 0 Å². The normalized spacial score (nSPS) is 29.5. The lowest BCUT2D eigenvalue weighted by atomic mass is 9.93. The maximum atomic E-state index is 10.8. The Morgan fingerprint density at radius 3 is 3.05 bits per heavy atom. The van der Waals surface area contributed by atoms with Crippen LogP contribution in [-0.2, 0) is 0 Å². The number of oxime groups is 1. The molecule has 21 heavy (non-hydrogen) atoms. The van der Waals surface area contributed by atoms with Crippen molar-refractivity contribution in [3.63, 3.8) is 0 Å². The molecule has 0 spiro atoms. The molecule has 1 heterocycles. The third-order valence-corrected chi connectivity index (χ3v) is 4.81. The van der Waals surface area contributed by atoms with Gasteiger partial charge in [0.15, 0.2) is 0 Å². The molecule has 1 aromatic heterocycles. The predicted octanol–water partition coefficient (Wildman–Crippen LogP) is 2.75. The summed E-state index contributed by atoms with van der Waals surface area (Å²) in [6.45, 7) is 0. The summed E-state index contributed by atoms with van der Waals surface area (Å²) in [5.74, 6) is 0.793. The van der Waals surface area contributed by atoms with Gasteiger partial charge >= 0.3 is 0 Å². The third kappa shape index (κ3) is 1.66. The van der Waals surface area contributed by atoms with Gasteiger partial charge in [-0.05, 0) is 31.2 Å². The zero-order valence-corrected chi connectivity index (χ0v) is 11.2. The fraction of sp³-hybridized carbons (Fsp3) is 0.429. The largest absolute Gasteiger partial charge is 0.411 e. The first kappa shape index (κ1) is 12.3. The van der Waals surface area contributed by atoms with Crippen molar-refractivity contribution in [1.82, 2.24) is 9.78 Å². The van der Waals surface area contributed by atoms with Gasteiger partial charge < -0.3 is 5.21 Å². The number of benzene rings is 1. The second kappa shape index (κ2) is 4.28. The van der Waals surface area contributed by atoms with Crippen molar-refractivity contribution in [3.05, 3.63) is 34.5 Å². The molecule has 2 aliphatic carbocycles. The van der Waals surface area contributed by atoms with Gasteiger partial charge in [-0.1, -0.05) is 5.16 Å². The topological polar surface area (TPSA) is 93.5 Å². The minimum Gasteiger partial charge on any atom is -0.411 e. The zero-order chi connectivity index (χ0) is 14.6. The van der Waals surface area contributed by atoms with E-state index in [1.165, 1.54) is 12.1 Å². The fourth-order valence-corrected chi connectivity index (χ4v) is 3.90. The average Bonchev–Trinajstić information content (AvgIpc) is 3.19. The van der Waals surface area contributed by atoms with Crippen LogP contribution in [0.25, 0.3) is 10.9 Å². The zero-order valence-electron chi connectivity index (χ0n) is 11.2. The highest BCUT2D eigenvalue weighted by molar-refractivity contribution is 5.94. The number of aromatic nitrogens is 2. The summed E-state index contributed by atoms with van der Waals surface area (Å²) in [6, 6.07) is 4.72. The molecular formula is C14H14N4O3. The average molecular weight is 286 g/mol. The molecule has 0 saturated heterocycles. The number of nitrogens with zero attached hydrogens (tertiary/aromatic N) is 4. The Morgan fingerprint density at radius 1 is 1.43 bits per heavy atom. The lowest BCUT2D eigenvalue weighted by Gasteiger charge is -2.23. The van der Waals surface area contributed by atoms with Crippen molar-refractivity contribution in [1.29, 1.82) is 0 Å². The van der Waals surface area contributed by atoms with Crippen LogP contribution in [0, 0.1) is 22.0 Å². The van der Waals surface area contributed by atoms with Gasteiger partial charge in [-0.2, -0.15) is 5.10 Å². The van der Waals surface area contributed by atoms with Gasteiger partial charge in [-0.25, -0.2) is 0 Å². The summed E-state index contributed by atoms with van der Waals surface area (Å²) in [4.78, 5) is 10.4. The third-order valence-electron chi connectivity index (χ3n) is 4.81. The van der Waals surface area contributed by atoms with Crippen LogP contribution < -0.4 is 0 Å². The minimum absolute atomic E-state index is 0.0206. The second-order valence-corrected chi connectivity index (χ2v) is 5.83. The van der Waals surface area contributed by atoms with Gasteiger partial charge in [0.2, 0.25) is 0 Å². The molecule has 2 saturated carbocycles. The van der Waals surface area contributed by atoms with E-state index in [1.807, 2.05) is 4.68 Å². The molecule has 7 heteroatoms. The number of hydrogen-bond acceptors (Lipinski definition) is 5. The molecule has 2 fully saturated rings. The molecule has 0 radical (unpaired) electrons. The predicted molar refractivity (Wildman–Crippen MR) is 75.5 cm³/mol. The van der Waals surface area contributed by atoms with Crippen molar-refractivity contribution in [2.45, 2.75) is 25.3 Å². The summed E-state index contributed by atoms with van der Waals surface area (Å²) < 4.78 is 1.86. The first-order valence-electron chi connectivity index (χ1n) is 7.02. The van der Waals surface area contributed by atoms with E-state index in [1.54, 1.807) is 12.3 Å². The molecule has 1 aromatic carbocycles. The standard InChI is InChI=1S/C14H14N4O3/c19-16-13-8-1-2-9(5-8)14(13)17-12-4-3-11(18(20)21)6-10(12)7-15-17/h3-4,6-9,14,19H,1-2,5H2/b16-13-/t8-,9-,14+/m0/s1. The van der Waals surface area contributed by atoms with Crippen LogP contribution in [0.3, 0.4) is 0 Å². The van der Waals surface area contributed by atoms with Gasteiger partial charge in [0.1, 0.15) is 0 Å². The van der Waals surface area contributed by atoms with Gasteiger partial charge in [-0.15, -0.1) is 0 Å². The van der Waals surface area contributed by atoms with Crippen molar-refractivity contribution in [2.75, 3.05) is 0 Å². The lowest BCUT2D eigenvalue weighted by molar-refractivity contribution is -0.384. The van der Waals surface area contributed by atoms with E-state index in [2.05, 4.69) is 10.3 Å². The van der Waals surface area contributed by atoms with Crippen molar-refractivity contribution >= 4 is 22.3 Å². The number of hydrogen-bond donors (Lipinski definition) is 1. The molecule has 108 valence electrons. The second-order valence-electron chi connectivity index (χ2n) is 5.83. The van der Waals surface area contributed by atoms with E-state index in [4.69, 9.17) is 0 Å². The Balaban J connectivity index is 1.82. The van der Waals surface area contributed by atoms with Crippen LogP contribution in [0.5, 0.6) is 0 Å². The molecule has 3 atom stereocenters. The lowest BCUT2D eigenvalue weighted by Crippen LogP contribution is -2.26. The highest BCUT2D eigenvalue weighted by Crippen LogP contribution is 2.49. The number of nitro groups is 1. The minimum atomic E-state index is -0.408. The quantitative estimate of drug-likeness (QED) is 0.521. The molecule has 4 rings (SSSR count). The number of non-ortho nitro benzene ring substituents is 1. The number of rotatable bonds is 2. The highest BCUT2D eigenvalue weighted by Gasteiger charge is 2.47. The van der Waals surface area contributed by atoms with E-state index < -0.39 is 4.92 Å². The molecule has 2 aliphatic rings. The first-order valence-corrected chi connectivity index (χ1v) is 7.02. The van der Waals surface area contributed by atoms with Crippen LogP contribution >= 0.6 is 0 Å². The van der Waals surface area contributed by atoms with Crippen molar-refractivity contribution < 1.29 is 10.1 Å². The summed E-state index contributed by atoms with van der Waals surface area (Å²) >= 11 is 0. The summed E-state index contributed by atoms with van der Waals surface area (Å²) in [5, 5.41) is 28.8. The smallest absolute Gasteiger partial charge is 0.270 e. The first-order chi connectivity index (χ1) is 10.2. The summed E-state index contributed by atoms with van der Waals surface area (Å²) in [7, 11) is 0. The molecule has 1 N–H and O–H groups in total. The molecule has 2 aromatic rings. The molecule has 0 unspecified atom stereocenters. The monoisotopic (exact) mass is 286 g/mol. The SMILES string of the molecule is O=[N+]([O-])c1ccc2c(cnn2[C@H]2/C(=N\O)[C@H]3CC[C@H]2C3)c1. The van der Waals surface area contributed by atoms with E-state index in [-0.39, 0.29) is 11.7 Å². The molecule has 7 nitrogen and oxygen atoms in total. The van der Waals surface area contributed by atoms with Gasteiger partial charge in [0.25, 0.3) is 5.69 Å². The summed E-state index contributed by atoms with van der Waals surface area (Å²) in [5.41, 5.74) is 1.71. The highest BCUT2D eigenvalue weighted by atomic mass is 16.6. The van der Waals surface area contributed by atoms with E-state index in [0.717, 1.165) is 35.9 Å². The van der Waals surface area contributed by atoms with Crippen LogP contribution in [0.4, 0.5) is 5.69 Å². The Hall–Kier alpha value is -2.44. The van der Waals surface area contributed by atoms with Crippen LogP contribution in [0.2, 0.25) is 0 Å².